The van der Waals surface area contributed by atoms with Crippen molar-refractivity contribution in [2.45, 2.75) is 44.3 Å². The molecule has 1 saturated carbocycles. The van der Waals surface area contributed by atoms with Crippen LogP contribution in [-0.2, 0) is 6.54 Å². The van der Waals surface area contributed by atoms with Crippen LogP contribution in [0.25, 0.3) is 0 Å². The lowest BCUT2D eigenvalue weighted by molar-refractivity contribution is 0.0582. The van der Waals surface area contributed by atoms with E-state index in [2.05, 4.69) is 5.32 Å². The van der Waals surface area contributed by atoms with Gasteiger partial charge in [0, 0.05) is 46.5 Å². The second-order valence-corrected chi connectivity index (χ2v) is 9.84. The van der Waals surface area contributed by atoms with E-state index >= 15 is 0 Å². The third-order valence-corrected chi connectivity index (χ3v) is 7.21. The molecule has 1 aliphatic rings. The number of hydrogen-bond donors (Lipinski definition) is 2. The van der Waals surface area contributed by atoms with Crippen LogP contribution in [0.3, 0.4) is 0 Å². The zero-order chi connectivity index (χ0) is 28.1. The maximum atomic E-state index is 14.0. The number of methoxy groups -OCH3 is 2. The Balaban J connectivity index is 1.62. The molecule has 0 saturated heterocycles. The minimum atomic E-state index is -0.843. The van der Waals surface area contributed by atoms with Gasteiger partial charge in [0.25, 0.3) is 11.8 Å². The summed E-state index contributed by atoms with van der Waals surface area (Å²) < 4.78 is 38.4. The minimum absolute atomic E-state index is 0.0359. The number of halogens is 3. The Kier molecular flexibility index (Phi) is 9.04. The van der Waals surface area contributed by atoms with E-state index in [1.807, 2.05) is 0 Å². The second kappa shape index (κ2) is 12.4. The highest BCUT2D eigenvalue weighted by Gasteiger charge is 2.32. The summed E-state index contributed by atoms with van der Waals surface area (Å²) in [6, 6.07) is 11.8. The summed E-state index contributed by atoms with van der Waals surface area (Å²) >= 11 is 6.51. The number of anilines is 1. The summed E-state index contributed by atoms with van der Waals surface area (Å²) in [6.07, 6.45) is 3.18. The van der Waals surface area contributed by atoms with Crippen molar-refractivity contribution < 1.29 is 27.8 Å². The van der Waals surface area contributed by atoms with Crippen LogP contribution in [-0.4, -0.2) is 43.0 Å². The lowest BCUT2D eigenvalue weighted by Gasteiger charge is -2.38. The SMILES string of the molecule is COc1ccc(C(=O)Nc2ccc(Cl)c(CN(C(=O)c3cc(F)cc(F)c3)C3CCCCC3N)c2)cc1OC. The zero-order valence-electron chi connectivity index (χ0n) is 21.7. The molecule has 10 heteroatoms. The molecule has 4 rings (SSSR count). The molecule has 0 bridgehead atoms. The summed E-state index contributed by atoms with van der Waals surface area (Å²) in [5.41, 5.74) is 7.63. The second-order valence-electron chi connectivity index (χ2n) is 9.44. The van der Waals surface area contributed by atoms with Gasteiger partial charge in [0.1, 0.15) is 11.6 Å². The molecule has 2 amide bonds. The van der Waals surface area contributed by atoms with Gasteiger partial charge < -0.3 is 25.4 Å². The number of carbonyl (C=O) groups is 2. The Hall–Kier alpha value is -3.69. The number of ether oxygens (including phenoxy) is 2. The molecule has 0 heterocycles. The summed E-state index contributed by atoms with van der Waals surface area (Å²) in [6.45, 7) is 0.0359. The largest absolute Gasteiger partial charge is 0.493 e. The number of nitrogens with one attached hydrogen (secondary N) is 1. The topological polar surface area (TPSA) is 93.9 Å². The van der Waals surface area contributed by atoms with E-state index in [9.17, 15) is 18.4 Å². The van der Waals surface area contributed by atoms with Gasteiger partial charge in [-0.3, -0.25) is 9.59 Å². The normalized spacial score (nSPS) is 16.9. The van der Waals surface area contributed by atoms with Crippen LogP contribution in [0.2, 0.25) is 5.02 Å². The summed E-state index contributed by atoms with van der Waals surface area (Å²) in [5, 5.41) is 3.20. The fraction of sp³-hybridized carbons (Fsp3) is 0.310. The third kappa shape index (κ3) is 6.66. The highest BCUT2D eigenvalue weighted by Crippen LogP contribution is 2.30. The van der Waals surface area contributed by atoms with Gasteiger partial charge in [-0.15, -0.1) is 0 Å². The maximum absolute atomic E-state index is 14.0. The van der Waals surface area contributed by atoms with Crippen molar-refractivity contribution in [3.63, 3.8) is 0 Å². The molecule has 0 radical (unpaired) electrons. The highest BCUT2D eigenvalue weighted by atomic mass is 35.5. The molecular formula is C29H30ClF2N3O4. The van der Waals surface area contributed by atoms with Gasteiger partial charge in [-0.25, -0.2) is 8.78 Å². The van der Waals surface area contributed by atoms with E-state index in [-0.39, 0.29) is 30.1 Å². The summed E-state index contributed by atoms with van der Waals surface area (Å²) in [4.78, 5) is 28.1. The molecule has 39 heavy (non-hydrogen) atoms. The van der Waals surface area contributed by atoms with E-state index in [1.54, 1.807) is 36.4 Å². The fourth-order valence-corrected chi connectivity index (χ4v) is 5.02. The molecule has 2 unspecified atom stereocenters. The molecule has 2 atom stereocenters. The van der Waals surface area contributed by atoms with Gasteiger partial charge in [0.2, 0.25) is 0 Å². The first-order valence-corrected chi connectivity index (χ1v) is 12.9. The number of carbonyl (C=O) groups excluding carboxylic acids is 2. The minimum Gasteiger partial charge on any atom is -0.493 e. The van der Waals surface area contributed by atoms with E-state index in [1.165, 1.54) is 19.1 Å². The molecule has 0 aromatic heterocycles. The van der Waals surface area contributed by atoms with Crippen LogP contribution >= 0.6 is 11.6 Å². The highest BCUT2D eigenvalue weighted by molar-refractivity contribution is 6.31. The quantitative estimate of drug-likeness (QED) is 0.365. The Morgan fingerprint density at radius 2 is 1.64 bits per heavy atom. The molecule has 3 aromatic rings. The van der Waals surface area contributed by atoms with Gasteiger partial charge in [0.15, 0.2) is 11.5 Å². The summed E-state index contributed by atoms with van der Waals surface area (Å²) in [5.74, 6) is -1.72. The van der Waals surface area contributed by atoms with Crippen molar-refractivity contribution in [1.29, 1.82) is 0 Å². The van der Waals surface area contributed by atoms with Crippen molar-refractivity contribution in [2.24, 2.45) is 5.73 Å². The first kappa shape index (κ1) is 28.3. The van der Waals surface area contributed by atoms with Gasteiger partial charge in [-0.05, 0) is 66.9 Å². The molecule has 206 valence electrons. The monoisotopic (exact) mass is 557 g/mol. The predicted molar refractivity (Wildman–Crippen MR) is 145 cm³/mol. The van der Waals surface area contributed by atoms with Gasteiger partial charge >= 0.3 is 0 Å². The number of rotatable bonds is 8. The van der Waals surface area contributed by atoms with E-state index in [0.717, 1.165) is 37.5 Å². The van der Waals surface area contributed by atoms with E-state index < -0.39 is 17.5 Å². The molecule has 0 spiro atoms. The average Bonchev–Trinajstić information content (AvgIpc) is 2.92. The van der Waals surface area contributed by atoms with Crippen LogP contribution in [0, 0.1) is 11.6 Å². The predicted octanol–water partition coefficient (Wildman–Crippen LogP) is 5.80. The number of hydrogen-bond acceptors (Lipinski definition) is 5. The van der Waals surface area contributed by atoms with Crippen molar-refractivity contribution in [3.05, 3.63) is 87.9 Å². The van der Waals surface area contributed by atoms with Crippen LogP contribution < -0.4 is 20.5 Å². The molecule has 1 aliphatic carbocycles. The Morgan fingerprint density at radius 3 is 2.31 bits per heavy atom. The van der Waals surface area contributed by atoms with Gasteiger partial charge in [-0.2, -0.15) is 0 Å². The lowest BCUT2D eigenvalue weighted by atomic mass is 9.89. The van der Waals surface area contributed by atoms with Crippen LogP contribution in [0.15, 0.2) is 54.6 Å². The van der Waals surface area contributed by atoms with Gasteiger partial charge in [-0.1, -0.05) is 24.4 Å². The van der Waals surface area contributed by atoms with Crippen LogP contribution in [0.5, 0.6) is 11.5 Å². The van der Waals surface area contributed by atoms with Crippen molar-refractivity contribution in [3.8, 4) is 11.5 Å². The third-order valence-electron chi connectivity index (χ3n) is 6.84. The van der Waals surface area contributed by atoms with Crippen molar-refractivity contribution >= 4 is 29.1 Å². The number of amides is 2. The molecule has 3 N–H and O–H groups in total. The molecule has 1 fully saturated rings. The molecule has 3 aromatic carbocycles. The first-order valence-electron chi connectivity index (χ1n) is 12.5. The Bertz CT molecular complexity index is 1350. The number of benzene rings is 3. The van der Waals surface area contributed by atoms with Gasteiger partial charge in [0.05, 0.1) is 14.2 Å². The van der Waals surface area contributed by atoms with Crippen molar-refractivity contribution in [1.82, 2.24) is 4.90 Å². The molecule has 7 nitrogen and oxygen atoms in total. The van der Waals surface area contributed by atoms with E-state index in [0.29, 0.717) is 39.8 Å². The van der Waals surface area contributed by atoms with Crippen LogP contribution in [0.1, 0.15) is 52.0 Å². The molecule has 0 aliphatic heterocycles. The first-order chi connectivity index (χ1) is 18.7. The standard InChI is InChI=1S/C29H30ClF2N3O4/c1-38-26-10-7-17(14-27(26)39-2)28(36)34-22-8-9-23(30)19(13-22)16-35(25-6-4-3-5-24(25)33)29(37)18-11-20(31)15-21(32)12-18/h7-15,24-25H,3-6,16,33H2,1-2H3,(H,34,36). The maximum Gasteiger partial charge on any atom is 0.255 e. The summed E-state index contributed by atoms with van der Waals surface area (Å²) in [7, 11) is 2.99. The van der Waals surface area contributed by atoms with Crippen LogP contribution in [0.4, 0.5) is 14.5 Å². The average molecular weight is 558 g/mol. The number of nitrogens with two attached hydrogens (primary N) is 1. The lowest BCUT2D eigenvalue weighted by Crippen LogP contribution is -2.51. The van der Waals surface area contributed by atoms with Crippen molar-refractivity contribution in [2.75, 3.05) is 19.5 Å². The number of nitrogens with zero attached hydrogens (tertiary/aromatic N) is 1. The Morgan fingerprint density at radius 1 is 0.949 bits per heavy atom. The smallest absolute Gasteiger partial charge is 0.255 e. The molecular weight excluding hydrogens is 528 g/mol. The fourth-order valence-electron chi connectivity index (χ4n) is 4.85. The van der Waals surface area contributed by atoms with E-state index in [4.69, 9.17) is 26.8 Å². The Labute approximate surface area is 230 Å². The zero-order valence-corrected chi connectivity index (χ0v) is 22.4.